The van der Waals surface area contributed by atoms with Crippen molar-refractivity contribution in [1.29, 1.82) is 0 Å². The van der Waals surface area contributed by atoms with Crippen molar-refractivity contribution >= 4 is 11.7 Å². The molecule has 0 spiro atoms. The van der Waals surface area contributed by atoms with Gasteiger partial charge in [-0.2, -0.15) is 5.10 Å². The lowest BCUT2D eigenvalue weighted by molar-refractivity contribution is 0.0925. The van der Waals surface area contributed by atoms with Crippen molar-refractivity contribution in [3.05, 3.63) is 70.8 Å². The molecule has 0 radical (unpaired) electrons. The minimum Gasteiger partial charge on any atom is -0.354 e. The first-order chi connectivity index (χ1) is 14.6. The molecule has 0 saturated carbocycles. The maximum absolute atomic E-state index is 12.8. The number of amides is 1. The van der Waals surface area contributed by atoms with Crippen molar-refractivity contribution in [1.82, 2.24) is 29.6 Å². The van der Waals surface area contributed by atoms with Gasteiger partial charge in [-0.25, -0.2) is 4.98 Å². The summed E-state index contributed by atoms with van der Waals surface area (Å²) in [5.74, 6) is 1.11. The summed E-state index contributed by atoms with van der Waals surface area (Å²) in [5, 5.41) is 7.07. The fourth-order valence-corrected chi connectivity index (χ4v) is 4.83. The molecule has 2 aliphatic heterocycles. The van der Waals surface area contributed by atoms with Crippen LogP contribution < -0.4 is 15.8 Å². The Bertz CT molecular complexity index is 1120. The zero-order valence-electron chi connectivity index (χ0n) is 16.7. The van der Waals surface area contributed by atoms with Crippen molar-refractivity contribution in [2.75, 3.05) is 24.5 Å². The van der Waals surface area contributed by atoms with Gasteiger partial charge in [0.25, 0.3) is 11.5 Å². The van der Waals surface area contributed by atoms with Gasteiger partial charge in [0.15, 0.2) is 0 Å². The molecule has 0 unspecified atom stereocenters. The van der Waals surface area contributed by atoms with Crippen molar-refractivity contribution in [3.63, 3.8) is 0 Å². The van der Waals surface area contributed by atoms with Gasteiger partial charge >= 0.3 is 0 Å². The Hall–Kier alpha value is -3.49. The summed E-state index contributed by atoms with van der Waals surface area (Å²) >= 11 is 0. The Balaban J connectivity index is 1.45. The monoisotopic (exact) mass is 405 g/mol. The van der Waals surface area contributed by atoms with Crippen molar-refractivity contribution in [3.8, 4) is 0 Å². The lowest BCUT2D eigenvalue weighted by atomic mass is 9.78. The zero-order chi connectivity index (χ0) is 20.7. The van der Waals surface area contributed by atoms with Crippen LogP contribution in [0.1, 0.15) is 34.6 Å². The van der Waals surface area contributed by atoms with Gasteiger partial charge in [-0.1, -0.05) is 6.07 Å². The second kappa shape index (κ2) is 7.40. The van der Waals surface area contributed by atoms with Crippen LogP contribution in [0.15, 0.2) is 53.8 Å². The van der Waals surface area contributed by atoms with E-state index >= 15 is 0 Å². The SMILES string of the molecule is Cn1nccc1C(=O)NC[C@H]1[C@H]2C[C@H](CN(c3cnccn3)C2)c2cccc(=O)n21. The van der Waals surface area contributed by atoms with E-state index < -0.39 is 0 Å². The smallest absolute Gasteiger partial charge is 0.269 e. The number of rotatable bonds is 4. The van der Waals surface area contributed by atoms with Gasteiger partial charge in [0, 0.05) is 63.0 Å². The second-order valence-electron chi connectivity index (χ2n) is 7.94. The minimum absolute atomic E-state index is 0.0186. The van der Waals surface area contributed by atoms with Crippen molar-refractivity contribution < 1.29 is 4.79 Å². The number of aromatic nitrogens is 5. The van der Waals surface area contributed by atoms with Crippen LogP contribution in [0.3, 0.4) is 0 Å². The number of carbonyl (C=O) groups excluding carboxylic acids is 1. The maximum atomic E-state index is 12.8. The van der Waals surface area contributed by atoms with E-state index in [1.165, 1.54) is 0 Å². The molecule has 5 rings (SSSR count). The fourth-order valence-electron chi connectivity index (χ4n) is 4.83. The maximum Gasteiger partial charge on any atom is 0.269 e. The van der Waals surface area contributed by atoms with Crippen LogP contribution in [-0.4, -0.2) is 49.9 Å². The summed E-state index contributed by atoms with van der Waals surface area (Å²) in [6, 6.07) is 7.00. The highest BCUT2D eigenvalue weighted by atomic mass is 16.2. The number of fused-ring (bicyclic) bond motifs is 4. The van der Waals surface area contributed by atoms with E-state index in [2.05, 4.69) is 25.3 Å². The van der Waals surface area contributed by atoms with Gasteiger partial charge in [-0.05, 0) is 24.5 Å². The molecular weight excluding hydrogens is 382 g/mol. The molecule has 9 nitrogen and oxygen atoms in total. The first kappa shape index (κ1) is 18.5. The molecule has 154 valence electrons. The molecule has 3 aromatic rings. The van der Waals surface area contributed by atoms with Crippen LogP contribution >= 0.6 is 0 Å². The number of anilines is 1. The highest BCUT2D eigenvalue weighted by Gasteiger charge is 2.41. The first-order valence-electron chi connectivity index (χ1n) is 10.1. The molecule has 1 fully saturated rings. The summed E-state index contributed by atoms with van der Waals surface area (Å²) in [4.78, 5) is 36.3. The highest BCUT2D eigenvalue weighted by Crippen LogP contribution is 2.41. The number of piperidine rings is 1. The molecule has 3 atom stereocenters. The van der Waals surface area contributed by atoms with Crippen LogP contribution in [0.25, 0.3) is 0 Å². The third-order valence-corrected chi connectivity index (χ3v) is 6.20. The van der Waals surface area contributed by atoms with Crippen molar-refractivity contribution in [2.24, 2.45) is 13.0 Å². The molecule has 5 heterocycles. The highest BCUT2D eigenvalue weighted by molar-refractivity contribution is 5.92. The van der Waals surface area contributed by atoms with Crippen LogP contribution in [0.2, 0.25) is 0 Å². The minimum atomic E-state index is -0.191. The lowest BCUT2D eigenvalue weighted by Crippen LogP contribution is -2.52. The number of carbonyl (C=O) groups is 1. The van der Waals surface area contributed by atoms with Gasteiger partial charge in [-0.15, -0.1) is 0 Å². The molecular formula is C21H23N7O2. The molecule has 9 heteroatoms. The summed E-state index contributed by atoms with van der Waals surface area (Å²) in [6.45, 7) is 1.95. The standard InChI is InChI=1S/C21H23N7O2/c1-26-17(5-6-25-26)21(30)24-10-18-15-9-14(16-3-2-4-20(29)28(16)18)12-27(13-15)19-11-22-7-8-23-19/h2-8,11,14-15,18H,9-10,12-13H2,1H3,(H,24,30)/t14-,15+,18+/m1/s1. The van der Waals surface area contributed by atoms with E-state index in [0.29, 0.717) is 12.2 Å². The predicted octanol–water partition coefficient (Wildman–Crippen LogP) is 0.967. The number of hydrogen-bond acceptors (Lipinski definition) is 6. The Labute approximate surface area is 173 Å². The Morgan fingerprint density at radius 2 is 2.10 bits per heavy atom. The first-order valence-corrected chi connectivity index (χ1v) is 10.1. The second-order valence-corrected chi connectivity index (χ2v) is 7.94. The fraction of sp³-hybridized carbons (Fsp3) is 0.381. The number of pyridine rings is 1. The largest absolute Gasteiger partial charge is 0.354 e. The number of nitrogens with one attached hydrogen (secondary N) is 1. The Morgan fingerprint density at radius 3 is 2.87 bits per heavy atom. The quantitative estimate of drug-likeness (QED) is 0.695. The third kappa shape index (κ3) is 3.16. The molecule has 1 N–H and O–H groups in total. The lowest BCUT2D eigenvalue weighted by Gasteiger charge is -2.47. The average Bonchev–Trinajstić information content (AvgIpc) is 3.20. The van der Waals surface area contributed by atoms with E-state index in [4.69, 9.17) is 0 Å². The predicted molar refractivity (Wildman–Crippen MR) is 110 cm³/mol. The van der Waals surface area contributed by atoms with Crippen LogP contribution in [-0.2, 0) is 7.05 Å². The summed E-state index contributed by atoms with van der Waals surface area (Å²) in [7, 11) is 1.74. The number of hydrogen-bond donors (Lipinski definition) is 1. The molecule has 1 saturated heterocycles. The average molecular weight is 405 g/mol. The number of aryl methyl sites for hydroxylation is 1. The third-order valence-electron chi connectivity index (χ3n) is 6.20. The van der Waals surface area contributed by atoms with E-state index in [-0.39, 0.29) is 29.3 Å². The summed E-state index contributed by atoms with van der Waals surface area (Å²) < 4.78 is 3.43. The molecule has 0 aliphatic carbocycles. The van der Waals surface area contributed by atoms with Crippen LogP contribution in [0.5, 0.6) is 0 Å². The van der Waals surface area contributed by atoms with E-state index in [1.54, 1.807) is 48.6 Å². The summed E-state index contributed by atoms with van der Waals surface area (Å²) in [6.07, 6.45) is 7.72. The van der Waals surface area contributed by atoms with Gasteiger partial charge < -0.3 is 14.8 Å². The van der Waals surface area contributed by atoms with Gasteiger partial charge in [0.1, 0.15) is 11.5 Å². The van der Waals surface area contributed by atoms with E-state index in [0.717, 1.165) is 31.0 Å². The molecule has 1 amide bonds. The van der Waals surface area contributed by atoms with E-state index in [9.17, 15) is 9.59 Å². The number of nitrogens with zero attached hydrogens (tertiary/aromatic N) is 6. The van der Waals surface area contributed by atoms with E-state index in [1.807, 2.05) is 16.7 Å². The molecule has 0 aromatic carbocycles. The molecule has 3 aromatic heterocycles. The zero-order valence-corrected chi connectivity index (χ0v) is 16.7. The van der Waals surface area contributed by atoms with Gasteiger partial charge in [-0.3, -0.25) is 19.3 Å². The van der Waals surface area contributed by atoms with Crippen molar-refractivity contribution in [2.45, 2.75) is 18.4 Å². The molecule has 2 aliphatic rings. The van der Waals surface area contributed by atoms with Gasteiger partial charge in [0.2, 0.25) is 0 Å². The van der Waals surface area contributed by atoms with Crippen LogP contribution in [0, 0.1) is 5.92 Å². The van der Waals surface area contributed by atoms with Crippen LogP contribution in [0.4, 0.5) is 5.82 Å². The Morgan fingerprint density at radius 1 is 1.20 bits per heavy atom. The molecule has 30 heavy (non-hydrogen) atoms. The summed E-state index contributed by atoms with van der Waals surface area (Å²) in [5.41, 5.74) is 1.50. The Kier molecular flexibility index (Phi) is 4.57. The van der Waals surface area contributed by atoms with Gasteiger partial charge in [0.05, 0.1) is 12.2 Å². The molecule has 2 bridgehead atoms. The topological polar surface area (TPSA) is 97.9 Å². The normalized spacial score (nSPS) is 22.4.